The first kappa shape index (κ1) is 23.2. The van der Waals surface area contributed by atoms with Gasteiger partial charge in [-0.3, -0.25) is 0 Å². The number of nitrogens with one attached hydrogen (secondary N) is 1. The van der Waals surface area contributed by atoms with E-state index >= 15 is 0 Å². The summed E-state index contributed by atoms with van der Waals surface area (Å²) in [5, 5.41) is 3.86. The molecule has 0 amide bonds. The molecule has 4 aliphatic rings. The highest BCUT2D eigenvalue weighted by Gasteiger charge is 2.47. The predicted octanol–water partition coefficient (Wildman–Crippen LogP) is 5.92. The molecule has 196 valence electrons. The maximum Gasteiger partial charge on any atom is 0.434 e. The Kier molecular flexibility index (Phi) is 4.52. The molecule has 4 heterocycles. The van der Waals surface area contributed by atoms with Crippen LogP contribution >= 0.6 is 0 Å². The average molecular weight is 531 g/mol. The molecule has 4 nitrogen and oxygen atoms in total. The molecule has 9 rings (SSSR count). The van der Waals surface area contributed by atoms with Crippen molar-refractivity contribution in [1.82, 2.24) is 0 Å². The van der Waals surface area contributed by atoms with Gasteiger partial charge in [-0.05, 0) is 71.7 Å². The third-order valence-corrected chi connectivity index (χ3v) is 8.97. The van der Waals surface area contributed by atoms with Crippen molar-refractivity contribution in [2.24, 2.45) is 0 Å². The standard InChI is InChI=1S/C35H27B2NO3/c1-18(2)31-34-25(36-32-23(13-19(3)15-27(32)38-34)21-9-5-7-11-28(21)40-36)17-26-35(31)39-30-16-20(4)14-24-22-10-6-8-12-29(22)41-37(26)33(24)30/h5-18,38H,1-4H3. The van der Waals surface area contributed by atoms with Crippen molar-refractivity contribution in [2.75, 3.05) is 5.32 Å². The quantitative estimate of drug-likeness (QED) is 0.273. The summed E-state index contributed by atoms with van der Waals surface area (Å²) in [7, 11) is 0. The maximum atomic E-state index is 6.89. The largest absolute Gasteiger partial charge is 0.551 e. The van der Waals surface area contributed by atoms with E-state index in [0.717, 1.165) is 67.5 Å². The van der Waals surface area contributed by atoms with E-state index in [2.05, 4.69) is 106 Å². The van der Waals surface area contributed by atoms with Gasteiger partial charge in [0.1, 0.15) is 23.0 Å². The highest BCUT2D eigenvalue weighted by atomic mass is 16.5. The molecule has 0 atom stereocenters. The van der Waals surface area contributed by atoms with Gasteiger partial charge in [0.05, 0.1) is 0 Å². The monoisotopic (exact) mass is 531 g/mol. The van der Waals surface area contributed by atoms with E-state index in [1.54, 1.807) is 0 Å². The van der Waals surface area contributed by atoms with Gasteiger partial charge >= 0.3 is 13.8 Å². The zero-order valence-corrected chi connectivity index (χ0v) is 23.5. The summed E-state index contributed by atoms with van der Waals surface area (Å²) in [4.78, 5) is 0. The van der Waals surface area contributed by atoms with Gasteiger partial charge in [0.25, 0.3) is 0 Å². The third kappa shape index (κ3) is 3.08. The molecule has 0 saturated heterocycles. The van der Waals surface area contributed by atoms with Crippen LogP contribution in [0.1, 0.15) is 36.5 Å². The van der Waals surface area contributed by atoms with Gasteiger partial charge in [-0.2, -0.15) is 0 Å². The van der Waals surface area contributed by atoms with Crippen LogP contribution in [-0.2, 0) is 0 Å². The minimum absolute atomic E-state index is 0.203. The van der Waals surface area contributed by atoms with Crippen molar-refractivity contribution in [1.29, 1.82) is 0 Å². The lowest BCUT2D eigenvalue weighted by atomic mass is 9.45. The molecule has 4 aliphatic heterocycles. The van der Waals surface area contributed by atoms with Gasteiger partial charge in [0, 0.05) is 44.5 Å². The molecule has 0 bridgehead atoms. The fourth-order valence-electron chi connectivity index (χ4n) is 7.32. The Morgan fingerprint density at radius 2 is 1.24 bits per heavy atom. The highest BCUT2D eigenvalue weighted by Crippen LogP contribution is 2.45. The minimum Gasteiger partial charge on any atom is -0.551 e. The van der Waals surface area contributed by atoms with Crippen molar-refractivity contribution >= 4 is 47.1 Å². The van der Waals surface area contributed by atoms with Gasteiger partial charge in [-0.25, -0.2) is 0 Å². The summed E-state index contributed by atoms with van der Waals surface area (Å²) in [6.45, 7) is 8.28. The zero-order chi connectivity index (χ0) is 27.6. The molecule has 0 radical (unpaired) electrons. The number of fused-ring (bicyclic) bond motifs is 8. The van der Waals surface area contributed by atoms with E-state index in [0.29, 0.717) is 0 Å². The molecule has 0 aliphatic carbocycles. The first-order chi connectivity index (χ1) is 20.0. The van der Waals surface area contributed by atoms with Gasteiger partial charge < -0.3 is 19.4 Å². The second-order valence-electron chi connectivity index (χ2n) is 12.0. The van der Waals surface area contributed by atoms with E-state index in [9.17, 15) is 0 Å². The van der Waals surface area contributed by atoms with Crippen molar-refractivity contribution < 1.29 is 14.0 Å². The van der Waals surface area contributed by atoms with E-state index in [1.165, 1.54) is 27.7 Å². The molecule has 41 heavy (non-hydrogen) atoms. The smallest absolute Gasteiger partial charge is 0.434 e. The summed E-state index contributed by atoms with van der Waals surface area (Å²) in [5.41, 5.74) is 14.9. The second kappa shape index (κ2) is 8.01. The molecule has 6 heteroatoms. The number of aryl methyl sites for hydroxylation is 2. The van der Waals surface area contributed by atoms with Crippen LogP contribution in [0.5, 0.6) is 23.0 Å². The Labute approximate surface area is 240 Å². The van der Waals surface area contributed by atoms with Gasteiger partial charge in [0.2, 0.25) is 0 Å². The average Bonchev–Trinajstić information content (AvgIpc) is 2.96. The molecule has 0 spiro atoms. The Morgan fingerprint density at radius 1 is 0.634 bits per heavy atom. The molecule has 1 N–H and O–H groups in total. The molecule has 0 unspecified atom stereocenters. The lowest BCUT2D eigenvalue weighted by Crippen LogP contribution is -2.59. The molecule has 0 saturated carbocycles. The van der Waals surface area contributed by atoms with Gasteiger partial charge in [0.15, 0.2) is 0 Å². The minimum atomic E-state index is -0.267. The number of rotatable bonds is 1. The Morgan fingerprint density at radius 3 is 1.93 bits per heavy atom. The molecule has 5 aromatic carbocycles. The number of hydrogen-bond donors (Lipinski definition) is 1. The van der Waals surface area contributed by atoms with Crippen molar-refractivity contribution in [2.45, 2.75) is 33.6 Å². The summed E-state index contributed by atoms with van der Waals surface area (Å²) < 4.78 is 20.6. The summed E-state index contributed by atoms with van der Waals surface area (Å²) in [6.07, 6.45) is 0. The number of anilines is 2. The fraction of sp³-hybridized carbons (Fsp3) is 0.143. The van der Waals surface area contributed by atoms with Crippen LogP contribution in [0, 0.1) is 13.8 Å². The number of hydrogen-bond acceptors (Lipinski definition) is 4. The Balaban J connectivity index is 1.32. The summed E-state index contributed by atoms with van der Waals surface area (Å²) in [6, 6.07) is 27.9. The van der Waals surface area contributed by atoms with Crippen molar-refractivity contribution in [3.63, 3.8) is 0 Å². The van der Waals surface area contributed by atoms with Gasteiger partial charge in [-0.1, -0.05) is 68.4 Å². The zero-order valence-electron chi connectivity index (χ0n) is 23.5. The van der Waals surface area contributed by atoms with E-state index in [4.69, 9.17) is 14.0 Å². The normalized spacial score (nSPS) is 14.3. The molecular weight excluding hydrogens is 504 g/mol. The summed E-state index contributed by atoms with van der Waals surface area (Å²) in [5.74, 6) is 3.80. The first-order valence-corrected chi connectivity index (χ1v) is 14.4. The number of benzene rings is 5. The van der Waals surface area contributed by atoms with Crippen LogP contribution in [0.3, 0.4) is 0 Å². The fourth-order valence-corrected chi connectivity index (χ4v) is 7.32. The van der Waals surface area contributed by atoms with Crippen LogP contribution in [0.2, 0.25) is 0 Å². The Hall–Kier alpha value is -4.57. The number of ether oxygens (including phenoxy) is 1. The SMILES string of the molecule is Cc1cc2c3c(c1)-c1ccccc1OB3c1cc3c(c(C(C)C)c1N2)Oc1cc(C)cc2c1B3Oc1ccccc1-2. The van der Waals surface area contributed by atoms with E-state index in [1.807, 2.05) is 6.07 Å². The van der Waals surface area contributed by atoms with Crippen LogP contribution in [-0.4, -0.2) is 13.8 Å². The molecule has 0 fully saturated rings. The van der Waals surface area contributed by atoms with Crippen LogP contribution in [0.4, 0.5) is 11.4 Å². The van der Waals surface area contributed by atoms with Crippen LogP contribution in [0.25, 0.3) is 22.3 Å². The topological polar surface area (TPSA) is 39.7 Å². The third-order valence-electron chi connectivity index (χ3n) is 8.97. The summed E-state index contributed by atoms with van der Waals surface area (Å²) >= 11 is 0. The highest BCUT2D eigenvalue weighted by molar-refractivity contribution is 6.88. The molecule has 5 aromatic rings. The van der Waals surface area contributed by atoms with Crippen molar-refractivity contribution in [3.8, 4) is 45.3 Å². The lowest BCUT2D eigenvalue weighted by Gasteiger charge is -2.39. The predicted molar refractivity (Wildman–Crippen MR) is 168 cm³/mol. The van der Waals surface area contributed by atoms with Gasteiger partial charge in [-0.15, -0.1) is 0 Å². The van der Waals surface area contributed by atoms with E-state index < -0.39 is 0 Å². The Bertz CT molecular complexity index is 1850. The molecular formula is C35H27B2NO3. The van der Waals surface area contributed by atoms with Crippen LogP contribution < -0.4 is 41.2 Å². The first-order valence-electron chi connectivity index (χ1n) is 14.4. The van der Waals surface area contributed by atoms with E-state index in [-0.39, 0.29) is 19.7 Å². The van der Waals surface area contributed by atoms with Crippen LogP contribution in [0.15, 0.2) is 78.9 Å². The lowest BCUT2D eigenvalue weighted by molar-refractivity contribution is 0.471. The van der Waals surface area contributed by atoms with Crippen molar-refractivity contribution in [3.05, 3.63) is 95.6 Å². The second-order valence-corrected chi connectivity index (χ2v) is 12.0. The maximum absolute atomic E-state index is 6.89. The molecule has 0 aromatic heterocycles. The number of para-hydroxylation sites is 2.